The Balaban J connectivity index is 1.50. The van der Waals surface area contributed by atoms with Crippen molar-refractivity contribution in [2.45, 2.75) is 96.2 Å². The fourth-order valence-electron chi connectivity index (χ4n) is 6.33. The molecular weight excluding hydrogens is 478 g/mol. The maximum Gasteiger partial charge on any atom is 0.434 e. The van der Waals surface area contributed by atoms with E-state index in [0.717, 1.165) is 24.2 Å². The highest BCUT2D eigenvalue weighted by Crippen LogP contribution is 2.62. The molecule has 4 rings (SSSR count). The Morgan fingerprint density at radius 3 is 2.51 bits per heavy atom. The van der Waals surface area contributed by atoms with E-state index in [1.165, 1.54) is 5.06 Å². The Hall–Kier alpha value is -2.49. The van der Waals surface area contributed by atoms with Gasteiger partial charge in [0.05, 0.1) is 19.1 Å². The van der Waals surface area contributed by atoms with Gasteiger partial charge < -0.3 is 19.3 Å². The zero-order chi connectivity index (χ0) is 26.8. The number of nitrogens with zero attached hydrogens (tertiary/aromatic N) is 1. The number of hydrogen-bond acceptors (Lipinski definition) is 8. The van der Waals surface area contributed by atoms with Crippen LogP contribution in [0.1, 0.15) is 77.7 Å². The second-order valence-corrected chi connectivity index (χ2v) is 11.4. The lowest BCUT2D eigenvalue weighted by molar-refractivity contribution is -0.196. The molecule has 0 radical (unpaired) electrons. The minimum atomic E-state index is -1.27. The van der Waals surface area contributed by atoms with Crippen molar-refractivity contribution in [1.29, 1.82) is 0 Å². The molecule has 4 atom stereocenters. The van der Waals surface area contributed by atoms with Crippen molar-refractivity contribution in [2.75, 3.05) is 13.7 Å². The Morgan fingerprint density at radius 2 is 1.89 bits per heavy atom. The van der Waals surface area contributed by atoms with Crippen molar-refractivity contribution in [1.82, 2.24) is 5.06 Å². The second-order valence-electron chi connectivity index (χ2n) is 11.4. The normalized spacial score (nSPS) is 29.4. The van der Waals surface area contributed by atoms with E-state index in [2.05, 4.69) is 0 Å². The van der Waals surface area contributed by atoms with Crippen LogP contribution in [0.25, 0.3) is 0 Å². The molecule has 3 fully saturated rings. The molecule has 1 N–H and O–H groups in total. The number of aliphatic hydroxyl groups excluding tert-OH is 1. The smallest absolute Gasteiger partial charge is 0.434 e. The predicted molar refractivity (Wildman–Crippen MR) is 133 cm³/mol. The van der Waals surface area contributed by atoms with E-state index in [0.29, 0.717) is 38.5 Å². The number of ketones is 2. The molecule has 1 amide bonds. The third-order valence-electron chi connectivity index (χ3n) is 7.91. The van der Waals surface area contributed by atoms with Crippen molar-refractivity contribution >= 4 is 17.7 Å². The van der Waals surface area contributed by atoms with Gasteiger partial charge in [0.25, 0.3) is 0 Å². The van der Waals surface area contributed by atoms with Crippen LogP contribution in [0.5, 0.6) is 5.75 Å². The molecule has 9 nitrogen and oxygen atoms in total. The Morgan fingerprint density at radius 1 is 1.16 bits per heavy atom. The molecule has 1 aromatic carbocycles. The van der Waals surface area contributed by atoms with Gasteiger partial charge in [-0.25, -0.2) is 4.79 Å². The summed E-state index contributed by atoms with van der Waals surface area (Å²) in [4.78, 5) is 45.6. The first-order chi connectivity index (χ1) is 17.5. The summed E-state index contributed by atoms with van der Waals surface area (Å²) < 4.78 is 16.7. The van der Waals surface area contributed by atoms with Crippen LogP contribution in [-0.4, -0.2) is 59.0 Å². The standard InChI is InChI=1S/C28H39NO8/c1-26(2,3)37-25(33)29(35-18-19-9-11-21(34-4)12-10-19)16-6-14-27-20(7-5-8-22(27)30)17-23(31)28(27)15-13-24(32)36-28/h9-12,20,24,32H,5-8,13-18H2,1-4H3/t20-,24?,27+,28-/m0/s1. The van der Waals surface area contributed by atoms with Crippen LogP contribution in [0.3, 0.4) is 0 Å². The van der Waals surface area contributed by atoms with Gasteiger partial charge in [-0.1, -0.05) is 12.1 Å². The average molecular weight is 518 g/mol. The molecule has 2 aliphatic carbocycles. The van der Waals surface area contributed by atoms with Gasteiger partial charge in [0.15, 0.2) is 12.1 Å². The summed E-state index contributed by atoms with van der Waals surface area (Å²) in [6, 6.07) is 7.34. The van der Waals surface area contributed by atoms with Crippen molar-refractivity contribution in [3.63, 3.8) is 0 Å². The number of methoxy groups -OCH3 is 1. The quantitative estimate of drug-likeness (QED) is 0.507. The van der Waals surface area contributed by atoms with Gasteiger partial charge >= 0.3 is 6.09 Å². The van der Waals surface area contributed by atoms with Crippen LogP contribution in [0.15, 0.2) is 24.3 Å². The minimum Gasteiger partial charge on any atom is -0.497 e. The SMILES string of the molecule is COc1ccc(CON(CCC[C@]23C(=O)CCC[C@H]2CC(=O)[C@@]32CCC(O)O2)C(=O)OC(C)(C)C)cc1. The number of amides is 1. The molecule has 3 aliphatic rings. The molecule has 1 spiro atoms. The average Bonchev–Trinajstić information content (AvgIpc) is 3.35. The van der Waals surface area contributed by atoms with E-state index in [-0.39, 0.29) is 30.6 Å². The van der Waals surface area contributed by atoms with E-state index in [9.17, 15) is 19.5 Å². The number of carbonyl (C=O) groups excluding carboxylic acids is 3. The topological polar surface area (TPSA) is 112 Å². The molecule has 9 heteroatoms. The van der Waals surface area contributed by atoms with E-state index in [4.69, 9.17) is 19.0 Å². The molecule has 204 valence electrons. The van der Waals surface area contributed by atoms with Crippen molar-refractivity contribution in [2.24, 2.45) is 11.3 Å². The molecule has 0 bridgehead atoms. The zero-order valence-electron chi connectivity index (χ0n) is 22.3. The Bertz CT molecular complexity index is 1000. The molecule has 0 aromatic heterocycles. The van der Waals surface area contributed by atoms with Crippen LogP contribution >= 0.6 is 0 Å². The summed E-state index contributed by atoms with van der Waals surface area (Å²) in [5, 5.41) is 11.4. The zero-order valence-corrected chi connectivity index (χ0v) is 22.3. The van der Waals surface area contributed by atoms with E-state index < -0.39 is 29.0 Å². The minimum absolute atomic E-state index is 0.0340. The summed E-state index contributed by atoms with van der Waals surface area (Å²) in [6.45, 7) is 5.68. The van der Waals surface area contributed by atoms with Crippen LogP contribution in [0.4, 0.5) is 4.79 Å². The van der Waals surface area contributed by atoms with Crippen LogP contribution in [0, 0.1) is 11.3 Å². The summed E-state index contributed by atoms with van der Waals surface area (Å²) in [6.07, 6.45) is 2.04. The maximum absolute atomic E-state index is 13.5. The van der Waals surface area contributed by atoms with Crippen LogP contribution < -0.4 is 4.74 Å². The number of Topliss-reactive ketones (excluding diaryl/α,β-unsaturated/α-hetero) is 2. The van der Waals surface area contributed by atoms with Crippen LogP contribution in [-0.2, 0) is 30.5 Å². The number of rotatable bonds is 8. The molecule has 1 saturated heterocycles. The lowest BCUT2D eigenvalue weighted by Crippen LogP contribution is -2.57. The highest BCUT2D eigenvalue weighted by molar-refractivity contribution is 6.02. The van der Waals surface area contributed by atoms with E-state index in [1.807, 2.05) is 24.3 Å². The first-order valence-electron chi connectivity index (χ1n) is 13.2. The van der Waals surface area contributed by atoms with Gasteiger partial charge in [0.2, 0.25) is 0 Å². The second kappa shape index (κ2) is 10.7. The van der Waals surface area contributed by atoms with Crippen molar-refractivity contribution in [3.05, 3.63) is 29.8 Å². The fraction of sp³-hybridized carbons (Fsp3) is 0.679. The molecule has 2 saturated carbocycles. The lowest BCUT2D eigenvalue weighted by atomic mass is 9.58. The van der Waals surface area contributed by atoms with Crippen LogP contribution in [0.2, 0.25) is 0 Å². The highest BCUT2D eigenvalue weighted by atomic mass is 16.7. The van der Waals surface area contributed by atoms with Gasteiger partial charge in [-0.15, -0.1) is 0 Å². The number of carbonyl (C=O) groups is 3. The molecule has 1 aromatic rings. The highest BCUT2D eigenvalue weighted by Gasteiger charge is 2.71. The summed E-state index contributed by atoms with van der Waals surface area (Å²) >= 11 is 0. The van der Waals surface area contributed by atoms with Crippen molar-refractivity contribution < 1.29 is 38.5 Å². The van der Waals surface area contributed by atoms with E-state index >= 15 is 0 Å². The molecule has 1 unspecified atom stereocenters. The summed E-state index contributed by atoms with van der Waals surface area (Å²) in [5.74, 6) is 0.565. The van der Waals surface area contributed by atoms with Gasteiger partial charge in [-0.2, -0.15) is 5.06 Å². The lowest BCUT2D eigenvalue weighted by Gasteiger charge is -2.46. The van der Waals surface area contributed by atoms with Crippen molar-refractivity contribution in [3.8, 4) is 5.75 Å². The van der Waals surface area contributed by atoms with Gasteiger partial charge in [0, 0.05) is 19.3 Å². The summed E-state index contributed by atoms with van der Waals surface area (Å²) in [5.41, 5.74) is -2.10. The number of hydrogen-bond donors (Lipinski definition) is 1. The number of benzene rings is 1. The Kier molecular flexibility index (Phi) is 7.97. The monoisotopic (exact) mass is 517 g/mol. The number of fused-ring (bicyclic) bond motifs is 2. The molecule has 1 aliphatic heterocycles. The predicted octanol–water partition coefficient (Wildman–Crippen LogP) is 4.34. The number of hydroxylamine groups is 2. The first-order valence-corrected chi connectivity index (χ1v) is 13.2. The largest absolute Gasteiger partial charge is 0.497 e. The fourth-order valence-corrected chi connectivity index (χ4v) is 6.33. The number of aliphatic hydroxyl groups is 1. The first kappa shape index (κ1) is 27.5. The Labute approximate surface area is 218 Å². The van der Waals surface area contributed by atoms with Gasteiger partial charge in [-0.3, -0.25) is 14.4 Å². The molecular formula is C28H39NO8. The maximum atomic E-state index is 13.5. The van der Waals surface area contributed by atoms with Gasteiger partial charge in [-0.05, 0) is 76.5 Å². The van der Waals surface area contributed by atoms with E-state index in [1.54, 1.807) is 27.9 Å². The van der Waals surface area contributed by atoms with Gasteiger partial charge in [0.1, 0.15) is 29.3 Å². The summed E-state index contributed by atoms with van der Waals surface area (Å²) in [7, 11) is 1.59. The third kappa shape index (κ3) is 5.40. The molecule has 37 heavy (non-hydrogen) atoms. The third-order valence-corrected chi connectivity index (χ3v) is 7.91. The number of ether oxygens (including phenoxy) is 3. The molecule has 1 heterocycles.